The Morgan fingerprint density at radius 1 is 1.12 bits per heavy atom. The number of nitrogens with zero attached hydrogens (tertiary/aromatic N) is 2. The van der Waals surface area contributed by atoms with Crippen molar-refractivity contribution in [3.63, 3.8) is 0 Å². The summed E-state index contributed by atoms with van der Waals surface area (Å²) in [6.45, 7) is 3.87. The molecule has 0 fully saturated rings. The van der Waals surface area contributed by atoms with Crippen molar-refractivity contribution in [2.45, 2.75) is 19.8 Å². The van der Waals surface area contributed by atoms with E-state index < -0.39 is 23.9 Å². The summed E-state index contributed by atoms with van der Waals surface area (Å²) in [5, 5.41) is 18.2. The van der Waals surface area contributed by atoms with Crippen LogP contribution in [0.1, 0.15) is 41.4 Å². The molecular weight excluding hydrogens is 436 g/mol. The number of fused-ring (bicyclic) bond motifs is 3. The van der Waals surface area contributed by atoms with Gasteiger partial charge in [0.05, 0.1) is 5.92 Å². The van der Waals surface area contributed by atoms with Gasteiger partial charge in [0.1, 0.15) is 12.3 Å². The number of aromatic nitrogens is 2. The fourth-order valence-corrected chi connectivity index (χ4v) is 4.17. The van der Waals surface area contributed by atoms with Gasteiger partial charge < -0.3 is 14.7 Å². The lowest BCUT2D eigenvalue weighted by atomic mass is 9.98. The molecule has 1 atom stereocenters. The third-order valence-corrected chi connectivity index (χ3v) is 5.97. The molecule has 0 aliphatic heterocycles. The molecule has 1 heterocycles. The molecule has 2 aromatic carbocycles. The van der Waals surface area contributed by atoms with Crippen LogP contribution in [0.4, 0.5) is 10.6 Å². The number of carboxylic acid groups (broad SMARTS) is 1. The predicted molar refractivity (Wildman–Crippen MR) is 126 cm³/mol. The molecule has 176 valence electrons. The van der Waals surface area contributed by atoms with Crippen LogP contribution in [0.2, 0.25) is 0 Å². The van der Waals surface area contributed by atoms with E-state index in [0.717, 1.165) is 22.3 Å². The average molecular weight is 463 g/mol. The van der Waals surface area contributed by atoms with Crippen molar-refractivity contribution in [2.24, 2.45) is 5.92 Å². The van der Waals surface area contributed by atoms with E-state index in [9.17, 15) is 14.4 Å². The van der Waals surface area contributed by atoms with E-state index in [4.69, 9.17) is 9.84 Å². The highest BCUT2D eigenvalue weighted by molar-refractivity contribution is 5.94. The van der Waals surface area contributed by atoms with Crippen LogP contribution in [0, 0.1) is 5.92 Å². The van der Waals surface area contributed by atoms with Crippen LogP contribution >= 0.6 is 0 Å². The van der Waals surface area contributed by atoms with E-state index in [0.29, 0.717) is 6.54 Å². The van der Waals surface area contributed by atoms with Gasteiger partial charge in [-0.2, -0.15) is 5.10 Å². The van der Waals surface area contributed by atoms with Crippen molar-refractivity contribution in [3.8, 4) is 11.1 Å². The monoisotopic (exact) mass is 462 g/mol. The zero-order chi connectivity index (χ0) is 24.2. The van der Waals surface area contributed by atoms with Gasteiger partial charge in [-0.15, -0.1) is 0 Å². The highest BCUT2D eigenvalue weighted by Crippen LogP contribution is 2.44. The highest BCUT2D eigenvalue weighted by Gasteiger charge is 2.29. The van der Waals surface area contributed by atoms with Crippen molar-refractivity contribution in [3.05, 3.63) is 71.4 Å². The van der Waals surface area contributed by atoms with Crippen molar-refractivity contribution in [1.82, 2.24) is 15.1 Å². The Bertz CT molecular complexity index is 1180. The largest absolute Gasteiger partial charge is 0.481 e. The van der Waals surface area contributed by atoms with E-state index in [1.54, 1.807) is 6.92 Å². The molecule has 2 amide bonds. The highest BCUT2D eigenvalue weighted by atomic mass is 16.5. The Morgan fingerprint density at radius 2 is 1.74 bits per heavy atom. The summed E-state index contributed by atoms with van der Waals surface area (Å²) in [5.41, 5.74) is 4.65. The lowest BCUT2D eigenvalue weighted by molar-refractivity contribution is -0.141. The van der Waals surface area contributed by atoms with Gasteiger partial charge in [0, 0.05) is 25.1 Å². The number of rotatable bonds is 8. The SMILES string of the molecule is CCN(CC(C)C(=O)O)C(=O)c1cc(NC(=O)OCC2c3ccccc3-c3ccccc32)n[nH]1. The van der Waals surface area contributed by atoms with Crippen LogP contribution in [-0.2, 0) is 9.53 Å². The first-order valence-electron chi connectivity index (χ1n) is 11.1. The molecule has 34 heavy (non-hydrogen) atoms. The van der Waals surface area contributed by atoms with E-state index in [1.165, 1.54) is 17.9 Å². The fraction of sp³-hybridized carbons (Fsp3) is 0.280. The van der Waals surface area contributed by atoms with Gasteiger partial charge in [-0.1, -0.05) is 55.5 Å². The van der Waals surface area contributed by atoms with E-state index >= 15 is 0 Å². The van der Waals surface area contributed by atoms with Crippen molar-refractivity contribution >= 4 is 23.8 Å². The van der Waals surface area contributed by atoms with Gasteiger partial charge in [0.25, 0.3) is 5.91 Å². The van der Waals surface area contributed by atoms with Crippen molar-refractivity contribution in [1.29, 1.82) is 0 Å². The van der Waals surface area contributed by atoms with E-state index in [1.807, 2.05) is 36.4 Å². The number of hydrogen-bond donors (Lipinski definition) is 3. The second kappa shape index (κ2) is 9.78. The summed E-state index contributed by atoms with van der Waals surface area (Å²) in [6.07, 6.45) is -0.681. The summed E-state index contributed by atoms with van der Waals surface area (Å²) in [6, 6.07) is 17.5. The maximum Gasteiger partial charge on any atom is 0.412 e. The number of carbonyl (C=O) groups excluding carboxylic acids is 2. The van der Waals surface area contributed by atoms with Crippen LogP contribution in [0.3, 0.4) is 0 Å². The van der Waals surface area contributed by atoms with Gasteiger partial charge in [-0.3, -0.25) is 20.0 Å². The first-order chi connectivity index (χ1) is 16.4. The molecule has 1 unspecified atom stereocenters. The molecule has 9 heteroatoms. The zero-order valence-electron chi connectivity index (χ0n) is 18.9. The fourth-order valence-electron chi connectivity index (χ4n) is 4.17. The number of amides is 2. The number of H-pyrrole nitrogens is 1. The minimum atomic E-state index is -0.978. The number of carboxylic acids is 1. The van der Waals surface area contributed by atoms with Crippen LogP contribution in [0.5, 0.6) is 0 Å². The van der Waals surface area contributed by atoms with E-state index in [2.05, 4.69) is 27.6 Å². The number of aliphatic carboxylic acids is 1. The molecule has 0 radical (unpaired) electrons. The third-order valence-electron chi connectivity index (χ3n) is 5.97. The Hall–Kier alpha value is -4.14. The summed E-state index contributed by atoms with van der Waals surface area (Å²) in [4.78, 5) is 37.6. The average Bonchev–Trinajstić information content (AvgIpc) is 3.43. The Balaban J connectivity index is 1.38. The van der Waals surface area contributed by atoms with Gasteiger partial charge in [0.15, 0.2) is 5.82 Å². The molecule has 1 aromatic heterocycles. The van der Waals surface area contributed by atoms with Crippen LogP contribution in [0.25, 0.3) is 11.1 Å². The van der Waals surface area contributed by atoms with Crippen LogP contribution < -0.4 is 5.32 Å². The number of ether oxygens (including phenoxy) is 1. The second-order valence-corrected chi connectivity index (χ2v) is 8.20. The minimum Gasteiger partial charge on any atom is -0.481 e. The number of anilines is 1. The lowest BCUT2D eigenvalue weighted by Gasteiger charge is -2.21. The summed E-state index contributed by atoms with van der Waals surface area (Å²) in [5.74, 6) is -2.01. The molecule has 1 aliphatic carbocycles. The Kier molecular flexibility index (Phi) is 6.62. The van der Waals surface area contributed by atoms with Gasteiger partial charge >= 0.3 is 12.1 Å². The zero-order valence-corrected chi connectivity index (χ0v) is 18.9. The first-order valence-corrected chi connectivity index (χ1v) is 11.1. The molecule has 0 saturated carbocycles. The molecule has 1 aliphatic rings. The molecule has 0 spiro atoms. The maximum absolute atomic E-state index is 12.7. The smallest absolute Gasteiger partial charge is 0.412 e. The molecule has 9 nitrogen and oxygen atoms in total. The minimum absolute atomic E-state index is 0.0659. The maximum atomic E-state index is 12.7. The molecule has 4 rings (SSSR count). The lowest BCUT2D eigenvalue weighted by Crippen LogP contribution is -2.37. The van der Waals surface area contributed by atoms with Gasteiger partial charge in [-0.25, -0.2) is 4.79 Å². The Morgan fingerprint density at radius 3 is 2.32 bits per heavy atom. The molecule has 3 aromatic rings. The van der Waals surface area contributed by atoms with Crippen LogP contribution in [-0.4, -0.2) is 57.9 Å². The normalized spacial score (nSPS) is 13.0. The van der Waals surface area contributed by atoms with E-state index in [-0.39, 0.29) is 30.6 Å². The van der Waals surface area contributed by atoms with Gasteiger partial charge in [0.2, 0.25) is 0 Å². The van der Waals surface area contributed by atoms with Crippen molar-refractivity contribution in [2.75, 3.05) is 25.0 Å². The topological polar surface area (TPSA) is 125 Å². The first kappa shape index (κ1) is 23.0. The van der Waals surface area contributed by atoms with Gasteiger partial charge in [-0.05, 0) is 29.2 Å². The molecule has 0 bridgehead atoms. The molecular formula is C25H26N4O5. The number of carbonyl (C=O) groups is 3. The molecule has 3 N–H and O–H groups in total. The quantitative estimate of drug-likeness (QED) is 0.466. The predicted octanol–water partition coefficient (Wildman–Crippen LogP) is 3.95. The Labute approximate surface area is 196 Å². The summed E-state index contributed by atoms with van der Waals surface area (Å²) >= 11 is 0. The summed E-state index contributed by atoms with van der Waals surface area (Å²) in [7, 11) is 0. The van der Waals surface area contributed by atoms with Crippen molar-refractivity contribution < 1.29 is 24.2 Å². The molecule has 0 saturated heterocycles. The second-order valence-electron chi connectivity index (χ2n) is 8.20. The van der Waals surface area contributed by atoms with Crippen LogP contribution in [0.15, 0.2) is 54.6 Å². The number of hydrogen-bond acceptors (Lipinski definition) is 5. The number of nitrogens with one attached hydrogen (secondary N) is 2. The third kappa shape index (κ3) is 4.63. The standard InChI is InChI=1S/C25H26N4O5/c1-3-29(13-15(2)24(31)32)23(30)21-12-22(28-27-21)26-25(33)34-14-20-18-10-6-4-8-16(18)17-9-5-7-11-19(17)20/h4-12,15,20H,3,13-14H2,1-2H3,(H,31,32)(H2,26,27,28,33). The number of aromatic amines is 1. The number of benzene rings is 2. The summed E-state index contributed by atoms with van der Waals surface area (Å²) < 4.78 is 5.50.